The smallest absolute Gasteiger partial charge is 0.744 e. The van der Waals surface area contributed by atoms with E-state index < -0.39 is 22.3 Å². The van der Waals surface area contributed by atoms with E-state index >= 15 is 0 Å². The van der Waals surface area contributed by atoms with Gasteiger partial charge in [0.2, 0.25) is 5.91 Å². The van der Waals surface area contributed by atoms with E-state index in [1.54, 1.807) is 13.0 Å². The van der Waals surface area contributed by atoms with Gasteiger partial charge in [0.25, 0.3) is 5.91 Å². The minimum absolute atomic E-state index is 0. The van der Waals surface area contributed by atoms with Gasteiger partial charge in [-0.1, -0.05) is 73.7 Å². The van der Waals surface area contributed by atoms with Crippen LogP contribution in [0.25, 0.3) is 0 Å². The molecule has 0 aromatic heterocycles. The number of nitrogens with one attached hydrogen (secondary N) is 2. The molecule has 0 aliphatic heterocycles. The zero-order valence-electron chi connectivity index (χ0n) is 23.1. The molecule has 0 heterocycles. The van der Waals surface area contributed by atoms with Crippen molar-refractivity contribution in [3.8, 4) is 0 Å². The summed E-state index contributed by atoms with van der Waals surface area (Å²) in [7, 11) is -7.26. The van der Waals surface area contributed by atoms with E-state index in [4.69, 9.17) is 0 Å². The maximum absolute atomic E-state index is 13.6. The second kappa shape index (κ2) is 14.9. The monoisotopic (exact) mass is 597 g/mol. The van der Waals surface area contributed by atoms with Crippen molar-refractivity contribution < 1.29 is 52.1 Å². The van der Waals surface area contributed by atoms with Crippen molar-refractivity contribution in [3.63, 3.8) is 0 Å². The van der Waals surface area contributed by atoms with E-state index in [0.717, 1.165) is 15.9 Å². The minimum Gasteiger partial charge on any atom is -0.744 e. The predicted molar refractivity (Wildman–Crippen MR) is 158 cm³/mol. The maximum Gasteiger partial charge on any atom is 1.00 e. The van der Waals surface area contributed by atoms with Gasteiger partial charge in [0, 0.05) is 19.5 Å². The molecule has 0 fully saturated rings. The second-order valence-electron chi connectivity index (χ2n) is 9.28. The Hall–Kier alpha value is -2.84. The summed E-state index contributed by atoms with van der Waals surface area (Å²) in [4.78, 5) is 24.8. The summed E-state index contributed by atoms with van der Waals surface area (Å²) in [6.45, 7) is 1.68. The molecule has 0 bridgehead atoms. The van der Waals surface area contributed by atoms with Gasteiger partial charge in [-0.3, -0.25) is 9.59 Å². The average Bonchev–Trinajstić information content (AvgIpc) is 2.98. The molecule has 10 heteroatoms. The molecule has 4 rings (SSSR count). The molecule has 4 aromatic carbocycles. The van der Waals surface area contributed by atoms with Crippen LogP contribution in [0, 0.1) is 0 Å². The molecular formula is C31H31N2NaO5PS+. The predicted octanol–water partition coefficient (Wildman–Crippen LogP) is 0.231. The summed E-state index contributed by atoms with van der Waals surface area (Å²) < 4.78 is 36.2. The van der Waals surface area contributed by atoms with Crippen molar-refractivity contribution in [1.82, 2.24) is 10.6 Å². The third kappa shape index (κ3) is 8.13. The van der Waals surface area contributed by atoms with E-state index in [9.17, 15) is 22.6 Å². The van der Waals surface area contributed by atoms with Gasteiger partial charge in [-0.25, -0.2) is 8.42 Å². The van der Waals surface area contributed by atoms with Crippen molar-refractivity contribution in [2.24, 2.45) is 0 Å². The zero-order valence-corrected chi connectivity index (χ0v) is 26.8. The van der Waals surface area contributed by atoms with E-state index in [1.807, 2.05) is 91.0 Å². The molecule has 0 aliphatic rings. The van der Waals surface area contributed by atoms with Crippen molar-refractivity contribution in [2.45, 2.75) is 31.3 Å². The summed E-state index contributed by atoms with van der Waals surface area (Å²) >= 11 is 0. The Morgan fingerprint density at radius 1 is 0.707 bits per heavy atom. The van der Waals surface area contributed by atoms with Gasteiger partial charge >= 0.3 is 29.6 Å². The fraction of sp³-hybridized carbons (Fsp3) is 0.161. The summed E-state index contributed by atoms with van der Waals surface area (Å²) in [6, 6.07) is 34.2. The van der Waals surface area contributed by atoms with Gasteiger partial charge in [0.1, 0.15) is 33.3 Å². The molecule has 0 atom stereocenters. The zero-order chi connectivity index (χ0) is 28.6. The van der Waals surface area contributed by atoms with E-state index in [1.165, 1.54) is 12.1 Å². The molecule has 2 N–H and O–H groups in total. The van der Waals surface area contributed by atoms with Crippen molar-refractivity contribution in [1.29, 1.82) is 0 Å². The van der Waals surface area contributed by atoms with Crippen molar-refractivity contribution in [2.75, 3.05) is 6.16 Å². The number of hydrogen-bond donors (Lipinski definition) is 2. The Labute approximate surface area is 264 Å². The van der Waals surface area contributed by atoms with Crippen LogP contribution in [0.1, 0.15) is 24.5 Å². The van der Waals surface area contributed by atoms with Crippen LogP contribution in [0.4, 0.5) is 0 Å². The molecule has 0 saturated carbocycles. The summed E-state index contributed by atoms with van der Waals surface area (Å²) in [6.07, 6.45) is 0.446. The number of carbonyl (C=O) groups is 2. The average molecular weight is 598 g/mol. The number of amides is 2. The third-order valence-electron chi connectivity index (χ3n) is 6.66. The SMILES string of the molecule is CCC(=O)NCc1ccc(CNC(=O)C[P+](c2ccccc2)(c2ccccc2)c2ccccc2)c(S(=O)(=O)[O-])c1.[Na+]. The van der Waals surface area contributed by atoms with Crippen LogP contribution in [-0.2, 0) is 32.8 Å². The molecule has 0 saturated heterocycles. The molecule has 206 valence electrons. The molecule has 41 heavy (non-hydrogen) atoms. The van der Waals surface area contributed by atoms with E-state index in [-0.39, 0.29) is 72.6 Å². The van der Waals surface area contributed by atoms with Gasteiger partial charge in [-0.2, -0.15) is 0 Å². The van der Waals surface area contributed by atoms with Crippen molar-refractivity contribution in [3.05, 3.63) is 120 Å². The van der Waals surface area contributed by atoms with Crippen molar-refractivity contribution >= 4 is 45.1 Å². The first-order chi connectivity index (χ1) is 19.2. The number of rotatable bonds is 11. The van der Waals surface area contributed by atoms with Gasteiger partial charge in [-0.15, -0.1) is 0 Å². The molecule has 4 aromatic rings. The fourth-order valence-corrected chi connectivity index (χ4v) is 9.43. The number of carbonyl (C=O) groups excluding carboxylic acids is 2. The molecule has 0 aliphatic carbocycles. The van der Waals surface area contributed by atoms with Gasteiger partial charge in [0.15, 0.2) is 6.16 Å². The molecule has 0 spiro atoms. The minimum atomic E-state index is -4.82. The Morgan fingerprint density at radius 3 is 1.61 bits per heavy atom. The molecule has 7 nitrogen and oxygen atoms in total. The Bertz CT molecular complexity index is 1470. The van der Waals surface area contributed by atoms with Crippen LogP contribution >= 0.6 is 7.26 Å². The molecule has 2 amide bonds. The first-order valence-electron chi connectivity index (χ1n) is 12.9. The van der Waals surface area contributed by atoms with Gasteiger partial charge in [-0.05, 0) is 53.6 Å². The fourth-order valence-electron chi connectivity index (χ4n) is 4.65. The Morgan fingerprint density at radius 2 is 1.17 bits per heavy atom. The topological polar surface area (TPSA) is 115 Å². The normalized spacial score (nSPS) is 11.3. The van der Waals surface area contributed by atoms with Gasteiger partial charge in [0.05, 0.1) is 4.90 Å². The third-order valence-corrected chi connectivity index (χ3v) is 11.9. The Kier molecular flexibility index (Phi) is 11.9. The number of benzene rings is 4. The van der Waals surface area contributed by atoms with Crippen LogP contribution in [0.3, 0.4) is 0 Å². The molecule has 0 radical (unpaired) electrons. The maximum atomic E-state index is 13.6. The number of hydrogen-bond acceptors (Lipinski definition) is 5. The second-order valence-corrected chi connectivity index (χ2v) is 14.1. The first-order valence-corrected chi connectivity index (χ1v) is 16.3. The largest absolute Gasteiger partial charge is 1.00 e. The van der Waals surface area contributed by atoms with Crippen LogP contribution in [0.2, 0.25) is 0 Å². The van der Waals surface area contributed by atoms with Crippen LogP contribution in [0.5, 0.6) is 0 Å². The first kappa shape index (κ1) is 32.7. The standard InChI is InChI=1S/C31H31N2O5PS.Na/c1-2-30(34)32-21-24-18-19-25(29(20-24)40(36,37)38)22-33-31(35)23-39(26-12-6-3-7-13-26,27-14-8-4-9-15-27)28-16-10-5-11-17-28;/h3-20H,2,21-23H2,1H3,(H2-,32,33,34,35,36,37,38);/q;+1. The van der Waals surface area contributed by atoms with E-state index in [0.29, 0.717) is 5.56 Å². The summed E-state index contributed by atoms with van der Waals surface area (Å²) in [5.41, 5.74) is 0.672. The Balaban J connectivity index is 0.00000462. The van der Waals surface area contributed by atoms with Crippen LogP contribution in [-0.4, -0.2) is 30.9 Å². The summed E-state index contributed by atoms with van der Waals surface area (Å²) in [5, 5.41) is 8.67. The van der Waals surface area contributed by atoms with Crippen LogP contribution in [0.15, 0.2) is 114 Å². The quantitative estimate of drug-likeness (QED) is 0.146. The van der Waals surface area contributed by atoms with Gasteiger partial charge < -0.3 is 15.2 Å². The summed E-state index contributed by atoms with van der Waals surface area (Å²) in [5.74, 6) is -0.455. The molecular weight excluding hydrogens is 566 g/mol. The molecule has 0 unspecified atom stereocenters. The van der Waals surface area contributed by atoms with E-state index in [2.05, 4.69) is 10.6 Å². The van der Waals surface area contributed by atoms with Crippen LogP contribution < -0.4 is 56.1 Å².